The van der Waals surface area contributed by atoms with E-state index < -0.39 is 17.7 Å². The molecule has 2 N–H and O–H groups in total. The molecule has 0 fully saturated rings. The standard InChI is InChI=1S/C21H27F2N3O/c1-4-26(5-2)14-18-9-7-6-8-17(18)13-24-21(27)25-15(3)16-10-11-19(22)20(23)12-16/h6-12,15H,4-5,13-14H2,1-3H3,(H2,24,25,27)/t15-/m0/s1. The van der Waals surface area contributed by atoms with E-state index in [-0.39, 0.29) is 6.03 Å². The van der Waals surface area contributed by atoms with Gasteiger partial charge in [-0.3, -0.25) is 4.90 Å². The van der Waals surface area contributed by atoms with E-state index in [2.05, 4.69) is 35.4 Å². The average Bonchev–Trinajstić information content (AvgIpc) is 2.67. The van der Waals surface area contributed by atoms with Crippen LogP contribution in [0.5, 0.6) is 0 Å². The molecule has 0 heterocycles. The highest BCUT2D eigenvalue weighted by molar-refractivity contribution is 5.74. The van der Waals surface area contributed by atoms with Crippen LogP contribution in [-0.4, -0.2) is 24.0 Å². The van der Waals surface area contributed by atoms with Crippen LogP contribution in [0.25, 0.3) is 0 Å². The Morgan fingerprint density at radius 1 is 1.04 bits per heavy atom. The number of benzene rings is 2. The molecular weight excluding hydrogens is 348 g/mol. The van der Waals surface area contributed by atoms with Crippen molar-refractivity contribution in [1.29, 1.82) is 0 Å². The van der Waals surface area contributed by atoms with Crippen molar-refractivity contribution in [1.82, 2.24) is 15.5 Å². The quantitative estimate of drug-likeness (QED) is 0.720. The van der Waals surface area contributed by atoms with Crippen LogP contribution in [0.1, 0.15) is 43.5 Å². The molecule has 0 aliphatic heterocycles. The summed E-state index contributed by atoms with van der Waals surface area (Å²) in [6, 6.07) is 10.8. The maximum absolute atomic E-state index is 13.3. The molecule has 0 bridgehead atoms. The van der Waals surface area contributed by atoms with Gasteiger partial charge in [-0.25, -0.2) is 13.6 Å². The average molecular weight is 375 g/mol. The van der Waals surface area contributed by atoms with Gasteiger partial charge in [-0.05, 0) is 48.8 Å². The monoisotopic (exact) mass is 375 g/mol. The van der Waals surface area contributed by atoms with Gasteiger partial charge in [0.1, 0.15) is 0 Å². The summed E-state index contributed by atoms with van der Waals surface area (Å²) in [5.74, 6) is -1.83. The summed E-state index contributed by atoms with van der Waals surface area (Å²) >= 11 is 0. The van der Waals surface area contributed by atoms with Gasteiger partial charge in [-0.2, -0.15) is 0 Å². The normalized spacial score (nSPS) is 12.1. The van der Waals surface area contributed by atoms with Gasteiger partial charge >= 0.3 is 6.03 Å². The van der Waals surface area contributed by atoms with Crippen molar-refractivity contribution in [3.05, 3.63) is 70.8 Å². The van der Waals surface area contributed by atoms with Crippen LogP contribution in [-0.2, 0) is 13.1 Å². The maximum Gasteiger partial charge on any atom is 0.315 e. The summed E-state index contributed by atoms with van der Waals surface area (Å²) < 4.78 is 26.4. The van der Waals surface area contributed by atoms with Crippen LogP contribution in [0.4, 0.5) is 13.6 Å². The summed E-state index contributed by atoms with van der Waals surface area (Å²) in [6.45, 7) is 9.12. The van der Waals surface area contributed by atoms with Crippen molar-refractivity contribution in [2.24, 2.45) is 0 Å². The Labute approximate surface area is 159 Å². The third-order valence-electron chi connectivity index (χ3n) is 4.64. The molecule has 0 unspecified atom stereocenters. The number of nitrogens with one attached hydrogen (secondary N) is 2. The number of carbonyl (C=O) groups is 1. The number of urea groups is 1. The second-order valence-electron chi connectivity index (χ2n) is 6.45. The molecule has 0 spiro atoms. The van der Waals surface area contributed by atoms with Crippen LogP contribution in [0, 0.1) is 11.6 Å². The summed E-state index contributed by atoms with van der Waals surface area (Å²) in [7, 11) is 0. The molecule has 27 heavy (non-hydrogen) atoms. The Morgan fingerprint density at radius 2 is 1.70 bits per heavy atom. The summed E-state index contributed by atoms with van der Waals surface area (Å²) in [6.07, 6.45) is 0. The first-order valence-corrected chi connectivity index (χ1v) is 9.23. The van der Waals surface area contributed by atoms with Crippen LogP contribution < -0.4 is 10.6 Å². The van der Waals surface area contributed by atoms with E-state index >= 15 is 0 Å². The second kappa shape index (κ2) is 10.0. The van der Waals surface area contributed by atoms with Gasteiger partial charge in [-0.15, -0.1) is 0 Å². The molecule has 1 atom stereocenters. The number of hydrogen-bond acceptors (Lipinski definition) is 2. The smallest absolute Gasteiger partial charge is 0.315 e. The first-order valence-electron chi connectivity index (χ1n) is 9.23. The van der Waals surface area contributed by atoms with E-state index in [9.17, 15) is 13.6 Å². The molecule has 146 valence electrons. The topological polar surface area (TPSA) is 44.4 Å². The van der Waals surface area contributed by atoms with Gasteiger partial charge in [0.2, 0.25) is 0 Å². The van der Waals surface area contributed by atoms with E-state index in [1.54, 1.807) is 6.92 Å². The van der Waals surface area contributed by atoms with Crippen LogP contribution >= 0.6 is 0 Å². The number of nitrogens with zero attached hydrogens (tertiary/aromatic N) is 1. The lowest BCUT2D eigenvalue weighted by Gasteiger charge is -2.20. The van der Waals surface area contributed by atoms with Crippen LogP contribution in [0.2, 0.25) is 0 Å². The lowest BCUT2D eigenvalue weighted by Crippen LogP contribution is -2.37. The van der Waals surface area contributed by atoms with Gasteiger partial charge in [0, 0.05) is 13.1 Å². The van der Waals surface area contributed by atoms with E-state index in [1.165, 1.54) is 11.6 Å². The van der Waals surface area contributed by atoms with E-state index in [0.29, 0.717) is 12.1 Å². The molecule has 2 aromatic carbocycles. The Morgan fingerprint density at radius 3 is 2.33 bits per heavy atom. The number of halogens is 2. The number of amides is 2. The minimum atomic E-state index is -0.924. The molecular formula is C21H27F2N3O. The number of carbonyl (C=O) groups excluding carboxylic acids is 1. The Kier molecular flexibility index (Phi) is 7.73. The SMILES string of the molecule is CCN(CC)Cc1ccccc1CNC(=O)N[C@@H](C)c1ccc(F)c(F)c1. The Balaban J connectivity index is 1.94. The maximum atomic E-state index is 13.3. The highest BCUT2D eigenvalue weighted by atomic mass is 19.2. The first kappa shape index (κ1) is 20.8. The molecule has 0 aliphatic carbocycles. The lowest BCUT2D eigenvalue weighted by molar-refractivity contribution is 0.237. The van der Waals surface area contributed by atoms with E-state index in [0.717, 1.165) is 37.3 Å². The molecule has 0 radical (unpaired) electrons. The molecule has 0 saturated heterocycles. The van der Waals surface area contributed by atoms with Crippen molar-refractivity contribution in [3.8, 4) is 0 Å². The van der Waals surface area contributed by atoms with Crippen molar-refractivity contribution in [3.63, 3.8) is 0 Å². The zero-order valence-corrected chi connectivity index (χ0v) is 16.1. The van der Waals surface area contributed by atoms with Gasteiger partial charge in [0.25, 0.3) is 0 Å². The van der Waals surface area contributed by atoms with Crippen molar-refractivity contribution in [2.75, 3.05) is 13.1 Å². The second-order valence-corrected chi connectivity index (χ2v) is 6.45. The molecule has 0 aromatic heterocycles. The van der Waals surface area contributed by atoms with Crippen LogP contribution in [0.15, 0.2) is 42.5 Å². The molecule has 2 rings (SSSR count). The van der Waals surface area contributed by atoms with Gasteiger partial charge < -0.3 is 10.6 Å². The van der Waals surface area contributed by atoms with Gasteiger partial charge in [0.15, 0.2) is 11.6 Å². The third kappa shape index (κ3) is 6.03. The molecule has 4 nitrogen and oxygen atoms in total. The number of rotatable bonds is 8. The molecule has 0 saturated carbocycles. The predicted molar refractivity (Wildman–Crippen MR) is 103 cm³/mol. The molecule has 6 heteroatoms. The molecule has 2 amide bonds. The fourth-order valence-electron chi connectivity index (χ4n) is 2.86. The minimum absolute atomic E-state index is 0.357. The highest BCUT2D eigenvalue weighted by Gasteiger charge is 2.13. The molecule has 0 aliphatic rings. The number of hydrogen-bond donors (Lipinski definition) is 2. The third-order valence-corrected chi connectivity index (χ3v) is 4.64. The summed E-state index contributed by atoms with van der Waals surface area (Å²) in [4.78, 5) is 14.5. The van der Waals surface area contributed by atoms with Crippen molar-refractivity contribution < 1.29 is 13.6 Å². The fraction of sp³-hybridized carbons (Fsp3) is 0.381. The summed E-state index contributed by atoms with van der Waals surface area (Å²) in [5, 5.41) is 5.59. The molecule has 2 aromatic rings. The van der Waals surface area contributed by atoms with E-state index in [1.807, 2.05) is 18.2 Å². The van der Waals surface area contributed by atoms with E-state index in [4.69, 9.17) is 0 Å². The minimum Gasteiger partial charge on any atom is -0.334 e. The van der Waals surface area contributed by atoms with Crippen molar-refractivity contribution in [2.45, 2.75) is 39.9 Å². The van der Waals surface area contributed by atoms with Crippen LogP contribution in [0.3, 0.4) is 0 Å². The predicted octanol–water partition coefficient (Wildman–Crippen LogP) is 4.37. The lowest BCUT2D eigenvalue weighted by atomic mass is 10.1. The van der Waals surface area contributed by atoms with Gasteiger partial charge in [0.05, 0.1) is 6.04 Å². The van der Waals surface area contributed by atoms with Gasteiger partial charge in [-0.1, -0.05) is 44.2 Å². The fourth-order valence-corrected chi connectivity index (χ4v) is 2.86. The summed E-state index contributed by atoms with van der Waals surface area (Å²) in [5.41, 5.74) is 2.74. The zero-order chi connectivity index (χ0) is 19.8. The highest BCUT2D eigenvalue weighted by Crippen LogP contribution is 2.16. The zero-order valence-electron chi connectivity index (χ0n) is 16.1. The first-order chi connectivity index (χ1) is 12.9. The van der Waals surface area contributed by atoms with Crippen molar-refractivity contribution >= 4 is 6.03 Å². The largest absolute Gasteiger partial charge is 0.334 e. The Bertz CT molecular complexity index is 763. The Hall–Kier alpha value is -2.47.